The van der Waals surface area contributed by atoms with E-state index in [1.807, 2.05) is 0 Å². The highest BCUT2D eigenvalue weighted by molar-refractivity contribution is 4.54. The van der Waals surface area contributed by atoms with Crippen LogP contribution in [0.25, 0.3) is 0 Å². The maximum Gasteiger partial charge on any atom is 0.0786 e. The Morgan fingerprint density at radius 2 is 1.57 bits per heavy atom. The predicted octanol–water partition coefficient (Wildman–Crippen LogP) is 3.59. The van der Waals surface area contributed by atoms with Gasteiger partial charge in [-0.05, 0) is 39.0 Å². The van der Waals surface area contributed by atoms with Gasteiger partial charge in [0.2, 0.25) is 0 Å². The van der Waals surface area contributed by atoms with E-state index in [0.717, 1.165) is 0 Å². The van der Waals surface area contributed by atoms with Gasteiger partial charge in [-0.2, -0.15) is 0 Å². The summed E-state index contributed by atoms with van der Waals surface area (Å²) < 4.78 is 1.43. The van der Waals surface area contributed by atoms with Crippen molar-refractivity contribution >= 4 is 0 Å². The summed E-state index contributed by atoms with van der Waals surface area (Å²) in [6.07, 6.45) is 10.1. The van der Waals surface area contributed by atoms with Crippen LogP contribution in [0.2, 0.25) is 0 Å². The average Bonchev–Trinajstić information content (AvgIpc) is 2.26. The van der Waals surface area contributed by atoms with Crippen LogP contribution in [0.15, 0.2) is 0 Å². The molecule has 1 aliphatic rings. The lowest BCUT2D eigenvalue weighted by Gasteiger charge is -2.41. The summed E-state index contributed by atoms with van der Waals surface area (Å²) in [5, 5.41) is 0. The molecule has 1 rings (SSSR count). The van der Waals surface area contributed by atoms with Crippen LogP contribution in [-0.4, -0.2) is 30.7 Å². The van der Waals surface area contributed by atoms with E-state index < -0.39 is 0 Å². The van der Waals surface area contributed by atoms with Crippen LogP contribution in [0.5, 0.6) is 0 Å². The maximum absolute atomic E-state index is 2.38. The molecule has 1 nitrogen and oxygen atoms in total. The third-order valence-corrected chi connectivity index (χ3v) is 3.92. The van der Waals surface area contributed by atoms with Gasteiger partial charge >= 0.3 is 0 Å². The van der Waals surface area contributed by atoms with Gasteiger partial charge < -0.3 is 4.48 Å². The number of likely N-dealkylation sites (tertiary alicyclic amines) is 1. The van der Waals surface area contributed by atoms with E-state index in [-0.39, 0.29) is 0 Å². The van der Waals surface area contributed by atoms with E-state index in [1.54, 1.807) is 0 Å². The Labute approximate surface area is 90.1 Å². The minimum Gasteiger partial charge on any atom is -0.324 e. The number of piperidine rings is 1. The van der Waals surface area contributed by atoms with E-state index in [9.17, 15) is 0 Å². The fraction of sp³-hybridized carbons (Fsp3) is 1.00. The highest BCUT2D eigenvalue weighted by atomic mass is 15.3. The van der Waals surface area contributed by atoms with Crippen molar-refractivity contribution in [3.05, 3.63) is 0 Å². The van der Waals surface area contributed by atoms with Crippen molar-refractivity contribution in [3.8, 4) is 0 Å². The normalized spacial score (nSPS) is 21.0. The lowest BCUT2D eigenvalue weighted by molar-refractivity contribution is -0.931. The molecule has 0 saturated carbocycles. The number of nitrogens with zero attached hydrogens (tertiary/aromatic N) is 1. The first kappa shape index (κ1) is 12.0. The monoisotopic (exact) mass is 198 g/mol. The first-order chi connectivity index (χ1) is 6.83. The molecule has 0 aromatic rings. The van der Waals surface area contributed by atoms with Gasteiger partial charge in [-0.25, -0.2) is 0 Å². The topological polar surface area (TPSA) is 0 Å². The highest BCUT2D eigenvalue weighted by Crippen LogP contribution is 2.19. The second-order valence-electron chi connectivity index (χ2n) is 4.95. The summed E-state index contributed by atoms with van der Waals surface area (Å²) in [5.41, 5.74) is 0. The Bertz CT molecular complexity index is 136. The maximum atomic E-state index is 2.38. The van der Waals surface area contributed by atoms with Crippen molar-refractivity contribution in [3.63, 3.8) is 0 Å². The molecule has 0 aromatic carbocycles. The molecule has 0 atom stereocenters. The Hall–Kier alpha value is -0.0400. The largest absolute Gasteiger partial charge is 0.324 e. The smallest absolute Gasteiger partial charge is 0.0786 e. The summed E-state index contributed by atoms with van der Waals surface area (Å²) in [6.45, 7) is 10.4. The molecule has 1 heterocycles. The van der Waals surface area contributed by atoms with Gasteiger partial charge in [0, 0.05) is 0 Å². The molecule has 1 heteroatoms. The van der Waals surface area contributed by atoms with Crippen LogP contribution < -0.4 is 0 Å². The highest BCUT2D eigenvalue weighted by Gasteiger charge is 2.26. The van der Waals surface area contributed by atoms with Crippen LogP contribution in [0.4, 0.5) is 0 Å². The molecular formula is C13H28N+. The van der Waals surface area contributed by atoms with Gasteiger partial charge in [-0.1, -0.05) is 19.8 Å². The van der Waals surface area contributed by atoms with Gasteiger partial charge in [0.05, 0.1) is 26.2 Å². The molecule has 0 aromatic heterocycles. The molecule has 1 saturated heterocycles. The van der Waals surface area contributed by atoms with Crippen molar-refractivity contribution in [1.29, 1.82) is 0 Å². The zero-order valence-electron chi connectivity index (χ0n) is 10.2. The van der Waals surface area contributed by atoms with Crippen LogP contribution in [0.1, 0.15) is 58.8 Å². The lowest BCUT2D eigenvalue weighted by Crippen LogP contribution is -2.51. The molecule has 0 N–H and O–H groups in total. The third-order valence-electron chi connectivity index (χ3n) is 3.92. The molecule has 0 amide bonds. The zero-order chi connectivity index (χ0) is 10.3. The van der Waals surface area contributed by atoms with Gasteiger partial charge in [0.15, 0.2) is 0 Å². The summed E-state index contributed by atoms with van der Waals surface area (Å²) in [7, 11) is 0. The Morgan fingerprint density at radius 1 is 0.857 bits per heavy atom. The number of unbranched alkanes of at least 4 members (excludes halogenated alkanes) is 3. The number of hydrogen-bond acceptors (Lipinski definition) is 0. The van der Waals surface area contributed by atoms with E-state index in [0.29, 0.717) is 0 Å². The van der Waals surface area contributed by atoms with Gasteiger partial charge in [0.25, 0.3) is 0 Å². The minimum absolute atomic E-state index is 1.37. The molecule has 0 aliphatic carbocycles. The Morgan fingerprint density at radius 3 is 2.14 bits per heavy atom. The fourth-order valence-corrected chi connectivity index (χ4v) is 2.75. The average molecular weight is 198 g/mol. The first-order valence-electron chi connectivity index (χ1n) is 6.68. The second-order valence-corrected chi connectivity index (χ2v) is 4.95. The van der Waals surface area contributed by atoms with Crippen molar-refractivity contribution in [2.24, 2.45) is 0 Å². The minimum atomic E-state index is 1.37. The molecule has 1 fully saturated rings. The first-order valence-corrected chi connectivity index (χ1v) is 6.68. The predicted molar refractivity (Wildman–Crippen MR) is 63.4 cm³/mol. The molecule has 0 radical (unpaired) electrons. The molecule has 14 heavy (non-hydrogen) atoms. The van der Waals surface area contributed by atoms with E-state index in [2.05, 4.69) is 13.8 Å². The van der Waals surface area contributed by atoms with Gasteiger partial charge in [-0.3, -0.25) is 0 Å². The van der Waals surface area contributed by atoms with Gasteiger partial charge in [0.1, 0.15) is 0 Å². The lowest BCUT2D eigenvalue weighted by atomic mass is 10.1. The quantitative estimate of drug-likeness (QED) is 0.452. The molecule has 0 spiro atoms. The number of rotatable bonds is 6. The third kappa shape index (κ3) is 3.61. The van der Waals surface area contributed by atoms with Gasteiger partial charge in [-0.15, -0.1) is 0 Å². The fourth-order valence-electron chi connectivity index (χ4n) is 2.75. The van der Waals surface area contributed by atoms with Crippen molar-refractivity contribution in [2.45, 2.75) is 58.8 Å². The van der Waals surface area contributed by atoms with E-state index >= 15 is 0 Å². The number of hydrogen-bond donors (Lipinski definition) is 0. The second kappa shape index (κ2) is 6.44. The standard InChI is InChI=1S/C13H28N/c1-3-5-6-8-11-14(4-2)12-9-7-10-13-14/h3-13H2,1-2H3/q+1. The summed E-state index contributed by atoms with van der Waals surface area (Å²) in [5.74, 6) is 0. The van der Waals surface area contributed by atoms with Crippen LogP contribution >= 0.6 is 0 Å². The van der Waals surface area contributed by atoms with E-state index in [1.165, 1.54) is 75.6 Å². The van der Waals surface area contributed by atoms with Crippen LogP contribution in [0.3, 0.4) is 0 Å². The zero-order valence-corrected chi connectivity index (χ0v) is 10.2. The summed E-state index contributed by atoms with van der Waals surface area (Å²) >= 11 is 0. The molecule has 0 bridgehead atoms. The van der Waals surface area contributed by atoms with Crippen molar-refractivity contribution in [1.82, 2.24) is 0 Å². The molecule has 84 valence electrons. The Kier molecular flexibility index (Phi) is 5.54. The molecule has 0 unspecified atom stereocenters. The SMILES string of the molecule is CCCCCC[N+]1(CC)CCCCC1. The Balaban J connectivity index is 2.22. The van der Waals surface area contributed by atoms with Crippen molar-refractivity contribution in [2.75, 3.05) is 26.2 Å². The summed E-state index contributed by atoms with van der Waals surface area (Å²) in [6, 6.07) is 0. The molecule has 1 aliphatic heterocycles. The molecular weight excluding hydrogens is 170 g/mol. The van der Waals surface area contributed by atoms with Crippen molar-refractivity contribution < 1.29 is 4.48 Å². The number of quaternary nitrogens is 1. The van der Waals surface area contributed by atoms with E-state index in [4.69, 9.17) is 0 Å². The van der Waals surface area contributed by atoms with Crippen LogP contribution in [-0.2, 0) is 0 Å². The summed E-state index contributed by atoms with van der Waals surface area (Å²) in [4.78, 5) is 0. The van der Waals surface area contributed by atoms with Crippen LogP contribution in [0, 0.1) is 0 Å².